The van der Waals surface area contributed by atoms with E-state index >= 15 is 0 Å². The van der Waals surface area contributed by atoms with Crippen LogP contribution in [0.15, 0.2) is 24.3 Å². The number of rotatable bonds is 7. The third-order valence-corrected chi connectivity index (χ3v) is 3.70. The number of carbonyl (C=O) groups is 2. The Hall–Kier alpha value is -1.59. The highest BCUT2D eigenvalue weighted by Gasteiger charge is 2.15. The first-order valence-electron chi connectivity index (χ1n) is 6.19. The summed E-state index contributed by atoms with van der Waals surface area (Å²) < 4.78 is 6.06. The molecule has 2 rings (SSSR count). The molecule has 1 aromatic heterocycles. The lowest BCUT2D eigenvalue weighted by atomic mass is 10.1. The molecular formula is C14H15NO3S. The zero-order valence-electron chi connectivity index (χ0n) is 10.7. The second-order valence-corrected chi connectivity index (χ2v) is 5.10. The maximum Gasteiger partial charge on any atom is 0.198 e. The van der Waals surface area contributed by atoms with E-state index in [-0.39, 0.29) is 24.4 Å². The number of ketones is 2. The highest BCUT2D eigenvalue weighted by Crippen LogP contribution is 2.22. The molecule has 0 saturated heterocycles. The van der Waals surface area contributed by atoms with Crippen molar-refractivity contribution < 1.29 is 14.3 Å². The molecule has 0 radical (unpaired) electrons. The fraction of sp³-hybridized carbons (Fsp3) is 0.357. The topological polar surface area (TPSA) is 56.3 Å². The van der Waals surface area contributed by atoms with Crippen LogP contribution < -0.4 is 0 Å². The fourth-order valence-corrected chi connectivity index (χ4v) is 2.57. The average Bonchev–Trinajstić information content (AvgIpc) is 2.83. The van der Waals surface area contributed by atoms with Crippen molar-refractivity contribution in [2.24, 2.45) is 0 Å². The Morgan fingerprint density at radius 3 is 2.84 bits per heavy atom. The lowest BCUT2D eigenvalue weighted by molar-refractivity contribution is -0.119. The van der Waals surface area contributed by atoms with E-state index in [4.69, 9.17) is 4.74 Å². The van der Waals surface area contributed by atoms with Crippen LogP contribution in [0, 0.1) is 0 Å². The van der Waals surface area contributed by atoms with Gasteiger partial charge >= 0.3 is 0 Å². The minimum Gasteiger partial charge on any atom is -0.381 e. The van der Waals surface area contributed by atoms with Crippen LogP contribution in [0.4, 0.5) is 0 Å². The van der Waals surface area contributed by atoms with Gasteiger partial charge in [-0.05, 0) is 19.1 Å². The van der Waals surface area contributed by atoms with Gasteiger partial charge in [-0.25, -0.2) is 4.98 Å². The van der Waals surface area contributed by atoms with Crippen LogP contribution in [0.2, 0.25) is 0 Å². The SMILES string of the molecule is CCOCCC(=O)CC(=O)c1nc2ccccc2s1. The molecule has 0 atom stereocenters. The van der Waals surface area contributed by atoms with Crippen molar-refractivity contribution in [3.63, 3.8) is 0 Å². The van der Waals surface area contributed by atoms with Crippen LogP contribution in [0.1, 0.15) is 29.6 Å². The highest BCUT2D eigenvalue weighted by atomic mass is 32.1. The number of Topliss-reactive ketones (excluding diaryl/α,β-unsaturated/α-hetero) is 2. The molecule has 2 aromatic rings. The number of carbonyl (C=O) groups excluding carboxylic acids is 2. The monoisotopic (exact) mass is 277 g/mol. The molecule has 19 heavy (non-hydrogen) atoms. The Bertz CT molecular complexity index is 558. The van der Waals surface area contributed by atoms with Crippen molar-refractivity contribution in [1.29, 1.82) is 0 Å². The fourth-order valence-electron chi connectivity index (χ4n) is 1.66. The molecule has 0 saturated carbocycles. The molecule has 0 aliphatic carbocycles. The van der Waals surface area contributed by atoms with Gasteiger partial charge in [0.15, 0.2) is 10.8 Å². The second-order valence-electron chi connectivity index (χ2n) is 4.07. The summed E-state index contributed by atoms with van der Waals surface area (Å²) in [5, 5.41) is 0.408. The van der Waals surface area contributed by atoms with E-state index in [9.17, 15) is 9.59 Å². The standard InChI is InChI=1S/C14H15NO3S/c1-2-18-8-7-10(16)9-12(17)14-15-11-5-3-4-6-13(11)19-14/h3-6H,2,7-9H2,1H3. The largest absolute Gasteiger partial charge is 0.381 e. The Morgan fingerprint density at radius 1 is 1.32 bits per heavy atom. The highest BCUT2D eigenvalue weighted by molar-refractivity contribution is 7.20. The van der Waals surface area contributed by atoms with Crippen molar-refractivity contribution >= 4 is 33.1 Å². The van der Waals surface area contributed by atoms with E-state index < -0.39 is 0 Å². The van der Waals surface area contributed by atoms with E-state index in [1.165, 1.54) is 11.3 Å². The van der Waals surface area contributed by atoms with Crippen molar-refractivity contribution in [1.82, 2.24) is 4.98 Å². The van der Waals surface area contributed by atoms with Crippen molar-refractivity contribution in [2.45, 2.75) is 19.8 Å². The Labute approximate surface area is 115 Å². The number of ether oxygens (including phenoxy) is 1. The van der Waals surface area contributed by atoms with Crippen LogP contribution >= 0.6 is 11.3 Å². The lowest BCUT2D eigenvalue weighted by Crippen LogP contribution is -2.10. The zero-order valence-corrected chi connectivity index (χ0v) is 11.5. The van der Waals surface area contributed by atoms with Gasteiger partial charge in [-0.1, -0.05) is 12.1 Å². The van der Waals surface area contributed by atoms with Crippen LogP contribution in [-0.2, 0) is 9.53 Å². The van der Waals surface area contributed by atoms with Crippen molar-refractivity contribution in [3.8, 4) is 0 Å². The van der Waals surface area contributed by atoms with Gasteiger partial charge in [0, 0.05) is 13.0 Å². The predicted octanol–water partition coefficient (Wildman–Crippen LogP) is 2.86. The maximum absolute atomic E-state index is 11.9. The third kappa shape index (κ3) is 3.68. The summed E-state index contributed by atoms with van der Waals surface area (Å²) in [4.78, 5) is 27.8. The average molecular weight is 277 g/mol. The number of fused-ring (bicyclic) bond motifs is 1. The quantitative estimate of drug-likeness (QED) is 0.443. The van der Waals surface area contributed by atoms with Crippen molar-refractivity contribution in [2.75, 3.05) is 13.2 Å². The number of para-hydroxylation sites is 1. The van der Waals surface area contributed by atoms with Crippen LogP contribution in [-0.4, -0.2) is 29.8 Å². The summed E-state index contributed by atoms with van der Waals surface area (Å²) in [5.41, 5.74) is 0.803. The minimum absolute atomic E-state index is 0.0904. The molecule has 0 unspecified atom stereocenters. The van der Waals surface area contributed by atoms with E-state index in [0.717, 1.165) is 10.2 Å². The molecule has 0 aliphatic heterocycles. The molecule has 0 amide bonds. The molecule has 1 heterocycles. The predicted molar refractivity (Wildman–Crippen MR) is 74.7 cm³/mol. The molecule has 0 fully saturated rings. The van der Waals surface area contributed by atoms with E-state index in [1.807, 2.05) is 31.2 Å². The van der Waals surface area contributed by atoms with Gasteiger partial charge in [-0.3, -0.25) is 9.59 Å². The summed E-state index contributed by atoms with van der Waals surface area (Å²) >= 11 is 1.33. The summed E-state index contributed by atoms with van der Waals surface area (Å²) in [6, 6.07) is 7.56. The van der Waals surface area contributed by atoms with Gasteiger partial charge in [0.1, 0.15) is 5.78 Å². The van der Waals surface area contributed by atoms with Gasteiger partial charge in [0.2, 0.25) is 0 Å². The number of benzene rings is 1. The molecule has 0 bridgehead atoms. The third-order valence-electron chi connectivity index (χ3n) is 2.62. The van der Waals surface area contributed by atoms with Gasteiger partial charge in [0.25, 0.3) is 0 Å². The first-order chi connectivity index (χ1) is 9.20. The Morgan fingerprint density at radius 2 is 2.11 bits per heavy atom. The molecule has 0 aliphatic rings. The molecule has 0 spiro atoms. The lowest BCUT2D eigenvalue weighted by Gasteiger charge is -1.99. The van der Waals surface area contributed by atoms with Crippen molar-refractivity contribution in [3.05, 3.63) is 29.3 Å². The molecular weight excluding hydrogens is 262 g/mol. The number of aromatic nitrogens is 1. The zero-order chi connectivity index (χ0) is 13.7. The smallest absolute Gasteiger partial charge is 0.198 e. The van der Waals surface area contributed by atoms with Crippen LogP contribution in [0.5, 0.6) is 0 Å². The summed E-state index contributed by atoms with van der Waals surface area (Å²) in [5.74, 6) is -0.305. The van der Waals surface area contributed by atoms with E-state index in [0.29, 0.717) is 18.2 Å². The van der Waals surface area contributed by atoms with Gasteiger partial charge in [-0.15, -0.1) is 11.3 Å². The Balaban J connectivity index is 1.97. The number of thiazole rings is 1. The Kier molecular flexibility index (Phi) is 4.76. The minimum atomic E-state index is -0.206. The normalized spacial score (nSPS) is 10.8. The maximum atomic E-state index is 11.9. The number of hydrogen-bond donors (Lipinski definition) is 0. The van der Waals surface area contributed by atoms with E-state index in [1.54, 1.807) is 0 Å². The molecule has 4 nitrogen and oxygen atoms in total. The second kappa shape index (κ2) is 6.54. The molecule has 100 valence electrons. The van der Waals surface area contributed by atoms with Gasteiger partial charge in [0.05, 0.1) is 23.2 Å². The van der Waals surface area contributed by atoms with Crippen LogP contribution in [0.3, 0.4) is 0 Å². The number of hydrogen-bond acceptors (Lipinski definition) is 5. The summed E-state index contributed by atoms with van der Waals surface area (Å²) in [6.07, 6.45) is 0.192. The van der Waals surface area contributed by atoms with E-state index in [2.05, 4.69) is 4.98 Å². The molecule has 1 aromatic carbocycles. The molecule has 0 N–H and O–H groups in total. The summed E-state index contributed by atoms with van der Waals surface area (Å²) in [7, 11) is 0. The summed E-state index contributed by atoms with van der Waals surface area (Å²) in [6.45, 7) is 2.83. The van der Waals surface area contributed by atoms with Crippen LogP contribution in [0.25, 0.3) is 10.2 Å². The van der Waals surface area contributed by atoms with Gasteiger partial charge in [-0.2, -0.15) is 0 Å². The molecule has 5 heteroatoms. The number of nitrogens with zero attached hydrogens (tertiary/aromatic N) is 1. The first kappa shape index (κ1) is 13.8. The first-order valence-corrected chi connectivity index (χ1v) is 7.00. The van der Waals surface area contributed by atoms with Gasteiger partial charge < -0.3 is 4.74 Å².